The van der Waals surface area contributed by atoms with Gasteiger partial charge in [-0.3, -0.25) is 9.97 Å². The van der Waals surface area contributed by atoms with Crippen molar-refractivity contribution in [3.05, 3.63) is 65.9 Å². The summed E-state index contributed by atoms with van der Waals surface area (Å²) in [5, 5.41) is 17.2. The van der Waals surface area contributed by atoms with Crippen molar-refractivity contribution >= 4 is 12.6 Å². The summed E-state index contributed by atoms with van der Waals surface area (Å²) in [6, 6.07) is 7.58. The molecule has 0 saturated carbocycles. The van der Waals surface area contributed by atoms with Crippen molar-refractivity contribution < 1.29 is 41.1 Å². The van der Waals surface area contributed by atoms with E-state index in [4.69, 9.17) is 20.5 Å². The molecule has 0 aromatic carbocycles. The fourth-order valence-electron chi connectivity index (χ4n) is 3.61. The minimum atomic E-state index is -2.88. The Morgan fingerprint density at radius 1 is 0.897 bits per heavy atom. The topological polar surface area (TPSA) is 114 Å². The van der Waals surface area contributed by atoms with Crippen LogP contribution in [0.2, 0.25) is 0 Å². The van der Waals surface area contributed by atoms with Gasteiger partial charge in [0.2, 0.25) is 0 Å². The maximum Gasteiger partial charge on any atom is 0.488 e. The highest BCUT2D eigenvalue weighted by Crippen LogP contribution is 2.32. The smallest absolute Gasteiger partial charge is 0.488 e. The Morgan fingerprint density at radius 2 is 1.49 bits per heavy atom. The van der Waals surface area contributed by atoms with Crippen LogP contribution in [0.1, 0.15) is 63.6 Å². The van der Waals surface area contributed by atoms with Crippen molar-refractivity contribution in [3.8, 4) is 17.0 Å². The first kappa shape index (κ1) is 32.0. The van der Waals surface area contributed by atoms with E-state index < -0.39 is 49.0 Å². The van der Waals surface area contributed by atoms with Gasteiger partial charge in [-0.05, 0) is 61.1 Å². The lowest BCUT2D eigenvalue weighted by molar-refractivity contribution is 0.134. The average Bonchev–Trinajstić information content (AvgIpc) is 2.87. The molecule has 0 aliphatic carbocycles. The summed E-state index contributed by atoms with van der Waals surface area (Å²) in [5.41, 5.74) is 4.44. The fraction of sp³-hybridized carbons (Fsp3) is 0.400. The molecule has 0 amide bonds. The first-order valence-electron chi connectivity index (χ1n) is 11.8. The molecule has 212 valence electrons. The molecule has 7 nitrogen and oxygen atoms in total. The van der Waals surface area contributed by atoms with Crippen LogP contribution >= 0.6 is 0 Å². The van der Waals surface area contributed by atoms with Crippen molar-refractivity contribution in [2.75, 3.05) is 6.61 Å². The van der Waals surface area contributed by atoms with Crippen LogP contribution in [-0.2, 0) is 0 Å². The van der Waals surface area contributed by atoms with Crippen LogP contribution in [0.4, 0.5) is 26.3 Å². The highest BCUT2D eigenvalue weighted by Gasteiger charge is 2.24. The SMILES string of the molecule is CC(C)C[C@](C)(N)COc1ccc(-c2ccnc(C(F)F)c2)nc1C(F)F.OB(O)c1ccnc(C(F)F)c1. The molecule has 14 heteroatoms. The predicted octanol–water partition coefficient (Wildman–Crippen LogP) is 4.86. The van der Waals surface area contributed by atoms with E-state index in [-0.39, 0.29) is 29.1 Å². The van der Waals surface area contributed by atoms with E-state index in [0.29, 0.717) is 12.3 Å². The van der Waals surface area contributed by atoms with Crippen molar-refractivity contribution in [1.29, 1.82) is 0 Å². The lowest BCUT2D eigenvalue weighted by atomic mass is 9.81. The van der Waals surface area contributed by atoms with Gasteiger partial charge in [0.15, 0.2) is 0 Å². The van der Waals surface area contributed by atoms with Gasteiger partial charge in [0.25, 0.3) is 19.3 Å². The molecule has 0 aliphatic rings. The monoisotopic (exact) mass is 558 g/mol. The van der Waals surface area contributed by atoms with Gasteiger partial charge in [-0.2, -0.15) is 0 Å². The highest BCUT2D eigenvalue weighted by atomic mass is 19.3. The standard InChI is InChI=1S/C19H23F4N3O.C6H6BF2NO2/c1-11(2)9-19(3,24)10-27-15-5-4-13(26-16(15)18(22)23)12-6-7-25-14(8-12)17(20)21;8-6(9)5-3-4(7(11)12)1-2-10-5/h4-8,11,17-18H,9-10,24H2,1-3H3;1-3,6,11-12H/t19-;/m0./s1. The zero-order chi connectivity index (χ0) is 29.3. The molecule has 0 radical (unpaired) electrons. The van der Waals surface area contributed by atoms with E-state index in [2.05, 4.69) is 15.0 Å². The molecule has 0 bridgehead atoms. The van der Waals surface area contributed by atoms with Crippen LogP contribution in [0.5, 0.6) is 5.75 Å². The summed E-state index contributed by atoms with van der Waals surface area (Å²) >= 11 is 0. The summed E-state index contributed by atoms with van der Waals surface area (Å²) < 4.78 is 82.0. The number of ether oxygens (including phenoxy) is 1. The number of hydrogen-bond donors (Lipinski definition) is 3. The molecule has 39 heavy (non-hydrogen) atoms. The molecule has 0 aliphatic heterocycles. The van der Waals surface area contributed by atoms with Crippen LogP contribution in [0, 0.1) is 5.92 Å². The number of pyridine rings is 3. The minimum Gasteiger partial charge on any atom is -0.490 e. The summed E-state index contributed by atoms with van der Waals surface area (Å²) in [6.07, 6.45) is -5.37. The van der Waals surface area contributed by atoms with Gasteiger partial charge in [-0.1, -0.05) is 13.8 Å². The van der Waals surface area contributed by atoms with Crippen LogP contribution < -0.4 is 15.9 Å². The summed E-state index contributed by atoms with van der Waals surface area (Å²) in [6.45, 7) is 5.86. The van der Waals surface area contributed by atoms with E-state index in [1.807, 2.05) is 13.8 Å². The lowest BCUT2D eigenvalue weighted by Crippen LogP contribution is -2.43. The van der Waals surface area contributed by atoms with Crippen LogP contribution in [0.15, 0.2) is 48.8 Å². The van der Waals surface area contributed by atoms with Crippen LogP contribution in [0.25, 0.3) is 11.3 Å². The predicted molar refractivity (Wildman–Crippen MR) is 134 cm³/mol. The Labute approximate surface area is 222 Å². The Bertz CT molecular complexity index is 1180. The van der Waals surface area contributed by atoms with Gasteiger partial charge in [0.05, 0.1) is 5.69 Å². The van der Waals surface area contributed by atoms with Crippen molar-refractivity contribution in [2.24, 2.45) is 11.7 Å². The molecule has 0 saturated heterocycles. The second kappa shape index (κ2) is 14.2. The number of aromatic nitrogens is 3. The van der Waals surface area contributed by atoms with E-state index in [0.717, 1.165) is 18.3 Å². The molecule has 4 N–H and O–H groups in total. The molecule has 3 aromatic rings. The normalized spacial score (nSPS) is 12.9. The lowest BCUT2D eigenvalue weighted by Gasteiger charge is -2.27. The number of halogens is 6. The van der Waals surface area contributed by atoms with Crippen molar-refractivity contribution in [2.45, 2.75) is 52.0 Å². The van der Waals surface area contributed by atoms with E-state index in [1.54, 1.807) is 6.92 Å². The Morgan fingerprint density at radius 3 is 2.03 bits per heavy atom. The summed E-state index contributed by atoms with van der Waals surface area (Å²) in [7, 11) is -1.73. The van der Waals surface area contributed by atoms with Gasteiger partial charge < -0.3 is 20.5 Å². The number of rotatable bonds is 10. The third-order valence-corrected chi connectivity index (χ3v) is 5.15. The van der Waals surface area contributed by atoms with Crippen LogP contribution in [0.3, 0.4) is 0 Å². The molecule has 3 heterocycles. The quantitative estimate of drug-likeness (QED) is 0.241. The van der Waals surface area contributed by atoms with Crippen molar-refractivity contribution in [1.82, 2.24) is 15.0 Å². The molecular formula is C25H29BF6N4O3. The Kier molecular flexibility index (Phi) is 11.7. The molecular weight excluding hydrogens is 529 g/mol. The molecule has 0 spiro atoms. The Balaban J connectivity index is 0.000000370. The maximum atomic E-state index is 13.5. The largest absolute Gasteiger partial charge is 0.490 e. The fourth-order valence-corrected chi connectivity index (χ4v) is 3.61. The van der Waals surface area contributed by atoms with Gasteiger partial charge >= 0.3 is 7.12 Å². The van der Waals surface area contributed by atoms with Crippen molar-refractivity contribution in [3.63, 3.8) is 0 Å². The minimum absolute atomic E-state index is 0.0142. The first-order chi connectivity index (χ1) is 18.2. The second-order valence-electron chi connectivity index (χ2n) is 9.38. The van der Waals surface area contributed by atoms with Gasteiger partial charge in [0, 0.05) is 23.5 Å². The van der Waals surface area contributed by atoms with Gasteiger partial charge in [-0.25, -0.2) is 31.3 Å². The van der Waals surface area contributed by atoms with E-state index >= 15 is 0 Å². The average molecular weight is 558 g/mol. The van der Waals surface area contributed by atoms with Crippen LogP contribution in [-0.4, -0.2) is 44.3 Å². The Hall–Kier alpha value is -3.23. The number of alkyl halides is 6. The highest BCUT2D eigenvalue weighted by molar-refractivity contribution is 6.58. The molecule has 0 fully saturated rings. The summed E-state index contributed by atoms with van der Waals surface area (Å²) in [5.74, 6) is 0.256. The zero-order valence-electron chi connectivity index (χ0n) is 21.4. The summed E-state index contributed by atoms with van der Waals surface area (Å²) in [4.78, 5) is 10.8. The molecule has 1 atom stereocenters. The number of nitrogens with two attached hydrogens (primary N) is 1. The number of hydrogen-bond acceptors (Lipinski definition) is 7. The zero-order valence-corrected chi connectivity index (χ0v) is 21.4. The maximum absolute atomic E-state index is 13.5. The second-order valence-corrected chi connectivity index (χ2v) is 9.38. The molecule has 3 rings (SSSR count). The van der Waals surface area contributed by atoms with Gasteiger partial charge in [0.1, 0.15) is 29.4 Å². The first-order valence-corrected chi connectivity index (χ1v) is 11.8. The van der Waals surface area contributed by atoms with Gasteiger partial charge in [-0.15, -0.1) is 0 Å². The van der Waals surface area contributed by atoms with E-state index in [1.165, 1.54) is 30.5 Å². The third-order valence-electron chi connectivity index (χ3n) is 5.15. The molecule has 0 unspecified atom stereocenters. The third kappa shape index (κ3) is 10.1. The molecule has 3 aromatic heterocycles. The van der Waals surface area contributed by atoms with E-state index in [9.17, 15) is 26.3 Å². The number of nitrogens with zero attached hydrogens (tertiary/aromatic N) is 3.